The number of aliphatic imine (C=N–C) groups is 1. The van der Waals surface area contributed by atoms with Crippen molar-refractivity contribution in [2.24, 2.45) is 22.2 Å². The van der Waals surface area contributed by atoms with Gasteiger partial charge in [-0.1, -0.05) is 75.7 Å². The van der Waals surface area contributed by atoms with Crippen molar-refractivity contribution in [3.63, 3.8) is 0 Å². The number of rotatable bonds is 14. The maximum atomic E-state index is 14.5. The highest BCUT2D eigenvalue weighted by atomic mass is 32.2. The van der Waals surface area contributed by atoms with Crippen LogP contribution in [0.2, 0.25) is 0 Å². The molecule has 1 spiro atoms. The number of nitrogens with zero attached hydrogens (tertiary/aromatic N) is 5. The molecule has 2 aliphatic carbocycles. The Morgan fingerprint density at radius 2 is 1.81 bits per heavy atom. The summed E-state index contributed by atoms with van der Waals surface area (Å²) < 4.78 is 40.9. The number of amides is 2. The van der Waals surface area contributed by atoms with E-state index in [2.05, 4.69) is 12.1 Å². The number of anilines is 1. The quantitative estimate of drug-likeness (QED) is 0.160. The van der Waals surface area contributed by atoms with E-state index in [0.29, 0.717) is 47.3 Å². The molecule has 3 aliphatic rings. The van der Waals surface area contributed by atoms with Gasteiger partial charge in [0.2, 0.25) is 5.91 Å². The lowest BCUT2D eigenvalue weighted by Gasteiger charge is -2.27. The summed E-state index contributed by atoms with van der Waals surface area (Å²) in [6.07, 6.45) is 5.96. The van der Waals surface area contributed by atoms with Gasteiger partial charge in [0.15, 0.2) is 5.82 Å². The van der Waals surface area contributed by atoms with E-state index in [1.165, 1.54) is 13.5 Å². The second-order valence-corrected chi connectivity index (χ2v) is 18.0. The summed E-state index contributed by atoms with van der Waals surface area (Å²) in [5.41, 5.74) is 2.57. The molecule has 2 fully saturated rings. The van der Waals surface area contributed by atoms with Gasteiger partial charge in [-0.25, -0.2) is 12.7 Å². The summed E-state index contributed by atoms with van der Waals surface area (Å²) >= 11 is 0. The summed E-state index contributed by atoms with van der Waals surface area (Å²) in [5, 5.41) is 4.06. The van der Waals surface area contributed by atoms with Crippen LogP contribution in [0.1, 0.15) is 95.1 Å². The highest BCUT2D eigenvalue weighted by molar-refractivity contribution is 7.93. The Kier molecular flexibility index (Phi) is 10.5. The molecule has 11 nitrogen and oxygen atoms in total. The molecule has 3 aromatic rings. The minimum atomic E-state index is -4.22. The molecule has 280 valence electrons. The highest BCUT2D eigenvalue weighted by Gasteiger charge is 2.61. The van der Waals surface area contributed by atoms with Crippen LogP contribution in [0.5, 0.6) is 0 Å². The largest absolute Gasteiger partial charge is 0.363 e. The lowest BCUT2D eigenvalue weighted by Crippen LogP contribution is -2.41. The fraction of sp³-hybridized carbons (Fsp3) is 0.550. The summed E-state index contributed by atoms with van der Waals surface area (Å²) in [4.78, 5) is 36.3. The standard InChI is InChI=1S/C40H53N5O6S/c1-9-10-15-35-41-40(20-29-19-30(29)21-40)38(47)44(35)23-28-16-17-32(31(18-28)24-43(7)36(46)22-39(4,5)6)33-13-11-12-14-34(33)52(48,49)45(25-50-8)37-26(2)27(3)51-42-37/h11-14,16-18,29-30H,9-10,15,19-25H2,1-8H3/t29-,30+,40?. The van der Waals surface area contributed by atoms with Crippen molar-refractivity contribution < 1.29 is 27.3 Å². The Labute approximate surface area is 308 Å². The van der Waals surface area contributed by atoms with Crippen LogP contribution in [0.25, 0.3) is 11.1 Å². The first-order valence-electron chi connectivity index (χ1n) is 18.4. The van der Waals surface area contributed by atoms with E-state index >= 15 is 0 Å². The summed E-state index contributed by atoms with van der Waals surface area (Å²) in [5.74, 6) is 2.84. The van der Waals surface area contributed by atoms with Crippen LogP contribution in [0, 0.1) is 31.1 Å². The second-order valence-electron chi connectivity index (χ2n) is 16.2. The monoisotopic (exact) mass is 731 g/mol. The number of sulfonamides is 1. The van der Waals surface area contributed by atoms with E-state index in [1.54, 1.807) is 50.1 Å². The molecule has 1 unspecified atom stereocenters. The number of carbonyl (C=O) groups is 2. The number of carbonyl (C=O) groups excluding carboxylic acids is 2. The molecule has 3 atom stereocenters. The molecule has 0 radical (unpaired) electrons. The Morgan fingerprint density at radius 1 is 1.10 bits per heavy atom. The first-order chi connectivity index (χ1) is 24.6. The molecule has 12 heteroatoms. The average Bonchev–Trinajstić information content (AvgIpc) is 3.46. The number of unbranched alkanes of at least 4 members (excludes halogenated alkanes) is 1. The molecule has 2 amide bonds. The minimum Gasteiger partial charge on any atom is -0.363 e. The van der Waals surface area contributed by atoms with Gasteiger partial charge in [0.1, 0.15) is 23.9 Å². The summed E-state index contributed by atoms with van der Waals surface area (Å²) in [7, 11) is -1.01. The van der Waals surface area contributed by atoms with E-state index in [4.69, 9.17) is 14.3 Å². The van der Waals surface area contributed by atoms with Crippen LogP contribution in [-0.2, 0) is 37.4 Å². The van der Waals surface area contributed by atoms with E-state index in [0.717, 1.165) is 53.4 Å². The molecular weight excluding hydrogens is 679 g/mol. The Hall–Kier alpha value is -4.03. The third-order valence-corrected chi connectivity index (χ3v) is 12.5. The fourth-order valence-corrected chi connectivity index (χ4v) is 9.31. The van der Waals surface area contributed by atoms with Crippen LogP contribution in [0.4, 0.5) is 5.82 Å². The predicted octanol–water partition coefficient (Wildman–Crippen LogP) is 7.25. The third kappa shape index (κ3) is 7.42. The molecular formula is C40H53N5O6S. The van der Waals surface area contributed by atoms with Gasteiger partial charge in [0.05, 0.1) is 11.4 Å². The smallest absolute Gasteiger partial charge is 0.268 e. The van der Waals surface area contributed by atoms with E-state index < -0.39 is 15.6 Å². The lowest BCUT2D eigenvalue weighted by atomic mass is 9.91. The maximum absolute atomic E-state index is 14.5. The molecule has 2 saturated carbocycles. The molecule has 0 saturated heterocycles. The number of methoxy groups -OCH3 is 1. The first kappa shape index (κ1) is 37.7. The zero-order chi connectivity index (χ0) is 37.6. The number of hydrogen-bond acceptors (Lipinski definition) is 8. The van der Waals surface area contributed by atoms with Crippen molar-refractivity contribution in [2.75, 3.05) is 25.2 Å². The van der Waals surface area contributed by atoms with Gasteiger partial charge in [0, 0.05) is 44.7 Å². The number of benzene rings is 2. The molecule has 1 aromatic heterocycles. The number of ether oxygens (including phenoxy) is 1. The summed E-state index contributed by atoms with van der Waals surface area (Å²) in [6, 6.07) is 12.7. The van der Waals surface area contributed by atoms with Crippen LogP contribution < -0.4 is 4.31 Å². The van der Waals surface area contributed by atoms with Gasteiger partial charge < -0.3 is 14.2 Å². The minimum absolute atomic E-state index is 0.0154. The number of aromatic nitrogens is 1. The number of aryl methyl sites for hydroxylation is 1. The molecule has 1 aliphatic heterocycles. The second kappa shape index (κ2) is 14.4. The molecule has 0 bridgehead atoms. The normalized spacial score (nSPS) is 21.1. The van der Waals surface area contributed by atoms with Gasteiger partial charge in [-0.3, -0.25) is 19.5 Å². The van der Waals surface area contributed by atoms with E-state index in [1.807, 2.05) is 43.9 Å². The molecule has 2 aromatic carbocycles. The number of fused-ring (bicyclic) bond motifs is 1. The van der Waals surface area contributed by atoms with Crippen LogP contribution in [0.3, 0.4) is 0 Å². The lowest BCUT2D eigenvalue weighted by molar-refractivity contribution is -0.132. The molecule has 2 heterocycles. The highest BCUT2D eigenvalue weighted by Crippen LogP contribution is 2.59. The van der Waals surface area contributed by atoms with Crippen molar-refractivity contribution in [2.45, 2.75) is 110 Å². The fourth-order valence-electron chi connectivity index (χ4n) is 7.73. The van der Waals surface area contributed by atoms with Gasteiger partial charge in [-0.05, 0) is 79.5 Å². The summed E-state index contributed by atoms with van der Waals surface area (Å²) in [6.45, 7) is 12.0. The van der Waals surface area contributed by atoms with Crippen molar-refractivity contribution in [3.8, 4) is 11.1 Å². The van der Waals surface area contributed by atoms with Gasteiger partial charge in [0.25, 0.3) is 15.9 Å². The molecule has 52 heavy (non-hydrogen) atoms. The Bertz CT molecular complexity index is 1970. The van der Waals surface area contributed by atoms with Crippen LogP contribution >= 0.6 is 0 Å². The molecule has 0 N–H and O–H groups in total. The average molecular weight is 732 g/mol. The topological polar surface area (TPSA) is 126 Å². The third-order valence-electron chi connectivity index (χ3n) is 10.7. The number of amidine groups is 1. The van der Waals surface area contributed by atoms with Crippen LogP contribution in [0.15, 0.2) is 56.9 Å². The Morgan fingerprint density at radius 3 is 2.44 bits per heavy atom. The first-order valence-corrected chi connectivity index (χ1v) is 19.8. The molecule has 6 rings (SSSR count). The maximum Gasteiger partial charge on any atom is 0.268 e. The van der Waals surface area contributed by atoms with Crippen molar-refractivity contribution in [1.82, 2.24) is 15.0 Å². The van der Waals surface area contributed by atoms with Crippen LogP contribution in [-0.4, -0.2) is 67.5 Å². The van der Waals surface area contributed by atoms with Gasteiger partial charge in [-0.2, -0.15) is 0 Å². The van der Waals surface area contributed by atoms with Gasteiger partial charge >= 0.3 is 0 Å². The zero-order valence-electron chi connectivity index (χ0n) is 31.9. The number of hydrogen-bond donors (Lipinski definition) is 0. The van der Waals surface area contributed by atoms with E-state index in [-0.39, 0.29) is 41.2 Å². The van der Waals surface area contributed by atoms with Crippen molar-refractivity contribution in [3.05, 3.63) is 64.9 Å². The van der Waals surface area contributed by atoms with Crippen molar-refractivity contribution in [1.29, 1.82) is 0 Å². The zero-order valence-corrected chi connectivity index (χ0v) is 32.7. The van der Waals surface area contributed by atoms with Crippen molar-refractivity contribution >= 4 is 33.5 Å². The predicted molar refractivity (Wildman–Crippen MR) is 201 cm³/mol. The Balaban J connectivity index is 1.40. The van der Waals surface area contributed by atoms with E-state index in [9.17, 15) is 18.0 Å². The van der Waals surface area contributed by atoms with Gasteiger partial charge in [-0.15, -0.1) is 0 Å². The SMILES string of the molecule is CCCCC1=NC2(C[C@H]3C[C@H]3C2)C(=O)N1Cc1ccc(-c2ccccc2S(=O)(=O)N(COC)c2noc(C)c2C)c(CN(C)C(=O)CC(C)(C)C)c1.